The Morgan fingerprint density at radius 2 is 2.00 bits per heavy atom. The second kappa shape index (κ2) is 8.42. The van der Waals surface area contributed by atoms with Crippen molar-refractivity contribution in [2.24, 2.45) is 0 Å². The Morgan fingerprint density at radius 1 is 1.21 bits per heavy atom. The summed E-state index contributed by atoms with van der Waals surface area (Å²) < 4.78 is 34.8. The molecule has 0 N–H and O–H groups in total. The van der Waals surface area contributed by atoms with E-state index in [0.717, 1.165) is 21.3 Å². The molecular formula is C19H16BrNO5S2. The van der Waals surface area contributed by atoms with Crippen molar-refractivity contribution >= 4 is 43.1 Å². The van der Waals surface area contributed by atoms with Crippen LogP contribution in [0.2, 0.25) is 0 Å². The molecule has 0 fully saturated rings. The van der Waals surface area contributed by atoms with Crippen LogP contribution in [-0.2, 0) is 21.2 Å². The van der Waals surface area contributed by atoms with E-state index >= 15 is 0 Å². The van der Waals surface area contributed by atoms with Gasteiger partial charge in [-0.2, -0.15) is 0 Å². The van der Waals surface area contributed by atoms with Crippen LogP contribution in [0.5, 0.6) is 5.75 Å². The lowest BCUT2D eigenvalue weighted by molar-refractivity contribution is 0.0468. The first kappa shape index (κ1) is 20.5. The Hall–Kier alpha value is -2.23. The smallest absolute Gasteiger partial charge is 0.338 e. The number of carbonyl (C=O) groups is 1. The lowest BCUT2D eigenvalue weighted by Gasteiger charge is -2.06. The van der Waals surface area contributed by atoms with Crippen molar-refractivity contribution in [1.29, 1.82) is 0 Å². The van der Waals surface area contributed by atoms with E-state index in [2.05, 4.69) is 20.9 Å². The molecular weight excluding hydrogens is 466 g/mol. The Balaban J connectivity index is 1.73. The summed E-state index contributed by atoms with van der Waals surface area (Å²) in [5.41, 5.74) is 1.60. The largest absolute Gasteiger partial charge is 0.496 e. The molecule has 0 aliphatic rings. The van der Waals surface area contributed by atoms with Crippen molar-refractivity contribution in [3.63, 3.8) is 0 Å². The molecule has 0 radical (unpaired) electrons. The average molecular weight is 482 g/mol. The van der Waals surface area contributed by atoms with E-state index in [1.165, 1.54) is 35.6 Å². The van der Waals surface area contributed by atoms with Gasteiger partial charge >= 0.3 is 5.97 Å². The number of hydrogen-bond donors (Lipinski definition) is 0. The summed E-state index contributed by atoms with van der Waals surface area (Å²) in [5, 5.41) is 2.54. The number of carbonyl (C=O) groups excluding carboxylic acids is 1. The fourth-order valence-electron chi connectivity index (χ4n) is 2.42. The van der Waals surface area contributed by atoms with Gasteiger partial charge in [-0.1, -0.05) is 22.0 Å². The summed E-state index contributed by atoms with van der Waals surface area (Å²) in [6.45, 7) is -0.0191. The van der Waals surface area contributed by atoms with Crippen LogP contribution >= 0.6 is 27.3 Å². The van der Waals surface area contributed by atoms with Gasteiger partial charge in [-0.25, -0.2) is 18.2 Å². The van der Waals surface area contributed by atoms with E-state index in [1.807, 2.05) is 18.2 Å². The minimum Gasteiger partial charge on any atom is -0.496 e. The van der Waals surface area contributed by atoms with Crippen molar-refractivity contribution in [3.8, 4) is 16.3 Å². The maximum absolute atomic E-state index is 12.3. The van der Waals surface area contributed by atoms with Crippen LogP contribution in [0.25, 0.3) is 10.6 Å². The number of halogens is 1. The highest BCUT2D eigenvalue weighted by Crippen LogP contribution is 2.34. The third-order valence-corrected chi connectivity index (χ3v) is 6.32. The van der Waals surface area contributed by atoms with Crippen LogP contribution in [0.1, 0.15) is 16.1 Å². The quantitative estimate of drug-likeness (QED) is 0.486. The van der Waals surface area contributed by atoms with E-state index in [0.29, 0.717) is 11.4 Å². The highest BCUT2D eigenvalue weighted by Gasteiger charge is 2.15. The minimum atomic E-state index is -3.40. The Kier molecular flexibility index (Phi) is 6.17. The van der Waals surface area contributed by atoms with Crippen LogP contribution in [-0.4, -0.2) is 32.7 Å². The Labute approximate surface area is 175 Å². The fourth-order valence-corrected chi connectivity index (χ4v) is 4.27. The Bertz CT molecular complexity index is 1120. The summed E-state index contributed by atoms with van der Waals surface area (Å²) in [6, 6.07) is 11.4. The predicted molar refractivity (Wildman–Crippen MR) is 110 cm³/mol. The second-order valence-corrected chi connectivity index (χ2v) is 9.65. The molecule has 3 rings (SSSR count). The van der Waals surface area contributed by atoms with Crippen molar-refractivity contribution in [2.45, 2.75) is 11.5 Å². The molecule has 3 aromatic rings. The molecule has 1 heterocycles. The first-order valence-electron chi connectivity index (χ1n) is 8.03. The highest BCUT2D eigenvalue weighted by atomic mass is 79.9. The molecule has 28 heavy (non-hydrogen) atoms. The number of benzene rings is 2. The fraction of sp³-hybridized carbons (Fsp3) is 0.158. The van der Waals surface area contributed by atoms with E-state index in [1.54, 1.807) is 12.5 Å². The molecule has 0 bridgehead atoms. The summed E-state index contributed by atoms with van der Waals surface area (Å²) in [6.07, 6.45) is 1.09. The number of esters is 1. The van der Waals surface area contributed by atoms with Crippen LogP contribution in [0.4, 0.5) is 0 Å². The van der Waals surface area contributed by atoms with E-state index in [4.69, 9.17) is 9.47 Å². The topological polar surface area (TPSA) is 82.6 Å². The third-order valence-electron chi connectivity index (χ3n) is 3.79. The lowest BCUT2D eigenvalue weighted by Crippen LogP contribution is -2.07. The molecule has 0 aliphatic heterocycles. The molecule has 2 aromatic carbocycles. The predicted octanol–water partition coefficient (Wildman–Crippen LogP) is 4.34. The zero-order chi connectivity index (χ0) is 20.3. The van der Waals surface area contributed by atoms with Crippen molar-refractivity contribution in [2.75, 3.05) is 13.4 Å². The number of ether oxygens (including phenoxy) is 2. The summed E-state index contributed by atoms with van der Waals surface area (Å²) >= 11 is 4.85. The van der Waals surface area contributed by atoms with Crippen LogP contribution in [0, 0.1) is 0 Å². The van der Waals surface area contributed by atoms with Gasteiger partial charge in [-0.15, -0.1) is 11.3 Å². The molecule has 0 atom stereocenters. The molecule has 0 spiro atoms. The van der Waals surface area contributed by atoms with Gasteiger partial charge in [0, 0.05) is 16.1 Å². The zero-order valence-electron chi connectivity index (χ0n) is 15.0. The van der Waals surface area contributed by atoms with Gasteiger partial charge in [0.2, 0.25) is 0 Å². The second-order valence-electron chi connectivity index (χ2n) is 5.86. The number of aromatic nitrogens is 1. The minimum absolute atomic E-state index is 0.0191. The van der Waals surface area contributed by atoms with Crippen LogP contribution in [0.3, 0.4) is 0 Å². The van der Waals surface area contributed by atoms with E-state index in [9.17, 15) is 13.2 Å². The standard InChI is InChI=1S/C19H16BrNO5S2/c1-25-17-7-6-13(20)9-16(17)18-21-14(11-27-18)10-26-19(22)12-4-3-5-15(8-12)28(2,23)24/h3-9,11H,10H2,1-2H3. The van der Waals surface area contributed by atoms with Gasteiger partial charge in [0.05, 0.1) is 28.8 Å². The molecule has 9 heteroatoms. The number of nitrogens with zero attached hydrogens (tertiary/aromatic N) is 1. The summed E-state index contributed by atoms with van der Waals surface area (Å²) in [5.74, 6) is 0.0822. The summed E-state index contributed by atoms with van der Waals surface area (Å²) in [7, 11) is -1.81. The molecule has 0 aliphatic carbocycles. The van der Waals surface area contributed by atoms with Crippen molar-refractivity contribution in [3.05, 3.63) is 63.6 Å². The van der Waals surface area contributed by atoms with Gasteiger partial charge in [0.15, 0.2) is 9.84 Å². The van der Waals surface area contributed by atoms with Gasteiger partial charge < -0.3 is 9.47 Å². The number of methoxy groups -OCH3 is 1. The van der Waals surface area contributed by atoms with Crippen LogP contribution < -0.4 is 4.74 Å². The molecule has 0 amide bonds. The number of rotatable bonds is 6. The molecule has 0 saturated heterocycles. The van der Waals surface area contributed by atoms with Crippen LogP contribution in [0.15, 0.2) is 57.2 Å². The number of sulfone groups is 1. The van der Waals surface area contributed by atoms with Crippen molar-refractivity contribution < 1.29 is 22.7 Å². The maximum Gasteiger partial charge on any atom is 0.338 e. The van der Waals surface area contributed by atoms with E-state index in [-0.39, 0.29) is 17.1 Å². The Morgan fingerprint density at radius 3 is 2.71 bits per heavy atom. The molecule has 1 aromatic heterocycles. The zero-order valence-corrected chi connectivity index (χ0v) is 18.2. The first-order valence-corrected chi connectivity index (χ1v) is 11.6. The van der Waals surface area contributed by atoms with Crippen molar-refractivity contribution in [1.82, 2.24) is 4.98 Å². The number of hydrogen-bond acceptors (Lipinski definition) is 7. The lowest BCUT2D eigenvalue weighted by atomic mass is 10.2. The average Bonchev–Trinajstić information content (AvgIpc) is 3.14. The normalized spacial score (nSPS) is 11.2. The van der Waals surface area contributed by atoms with Gasteiger partial charge in [0.1, 0.15) is 17.4 Å². The molecule has 146 valence electrons. The molecule has 6 nitrogen and oxygen atoms in total. The van der Waals surface area contributed by atoms with Gasteiger partial charge in [0.25, 0.3) is 0 Å². The monoisotopic (exact) mass is 481 g/mol. The summed E-state index contributed by atoms with van der Waals surface area (Å²) in [4.78, 5) is 16.8. The third kappa shape index (κ3) is 4.78. The van der Waals surface area contributed by atoms with Gasteiger partial charge in [-0.05, 0) is 36.4 Å². The maximum atomic E-state index is 12.3. The first-order chi connectivity index (χ1) is 13.3. The highest BCUT2D eigenvalue weighted by molar-refractivity contribution is 9.10. The van der Waals surface area contributed by atoms with E-state index < -0.39 is 15.8 Å². The molecule has 0 unspecified atom stereocenters. The molecule has 0 saturated carbocycles. The number of thiazole rings is 1. The van der Waals surface area contributed by atoms with Gasteiger partial charge in [-0.3, -0.25) is 0 Å². The SMILES string of the molecule is COc1ccc(Br)cc1-c1nc(COC(=O)c2cccc(S(C)(=O)=O)c2)cs1.